The van der Waals surface area contributed by atoms with Crippen LogP contribution < -0.4 is 15.4 Å². The number of carbonyl (C=O) groups is 1. The Kier molecular flexibility index (Phi) is 3.36. The van der Waals surface area contributed by atoms with E-state index < -0.39 is 10.8 Å². The van der Waals surface area contributed by atoms with Gasteiger partial charge in [-0.1, -0.05) is 5.16 Å². The number of carbonyl (C=O) groups excluding carboxylic acids is 1. The molecule has 0 spiro atoms. The average Bonchev–Trinajstić information content (AvgIpc) is 3.15. The van der Waals surface area contributed by atoms with Crippen molar-refractivity contribution in [1.82, 2.24) is 0 Å². The number of hydrogen-bond acceptors (Lipinski definition) is 7. The Labute approximate surface area is 146 Å². The Morgan fingerprint density at radius 3 is 2.54 bits per heavy atom. The van der Waals surface area contributed by atoms with Gasteiger partial charge in [0.25, 0.3) is 11.6 Å². The minimum Gasteiger partial charge on any atom is -0.497 e. The quantitative estimate of drug-likeness (QED) is 0.330. The van der Waals surface area contributed by atoms with Crippen molar-refractivity contribution in [3.8, 4) is 5.75 Å². The third-order valence-electron chi connectivity index (χ3n) is 4.29. The molecule has 0 fully saturated rings. The Hall–Kier alpha value is -3.88. The van der Waals surface area contributed by atoms with Crippen LogP contribution in [0.5, 0.6) is 5.75 Å². The van der Waals surface area contributed by atoms with Crippen molar-refractivity contribution in [2.45, 2.75) is 0 Å². The number of oxime groups is 1. The SMILES string of the molecule is COc1ccc2c(c1)C(=N\O)/C(=C1/C(=O)Nc3ccc([N+](=O)[O-])cc31)N2. The van der Waals surface area contributed by atoms with Crippen molar-refractivity contribution in [2.75, 3.05) is 17.7 Å². The standard InChI is InChI=1S/C17H12N4O5/c1-26-9-3-5-13-11(7-9)15(20-23)16(18-13)14-10-6-8(21(24)25)2-4-12(10)19-17(14)22/h2-7,18,23H,1H3,(H,19,22)/b16-14-,20-15+. The molecule has 130 valence electrons. The second-order valence-electron chi connectivity index (χ2n) is 5.68. The van der Waals surface area contributed by atoms with Crippen LogP contribution in [0.15, 0.2) is 47.3 Å². The number of nitro benzene ring substituents is 1. The maximum absolute atomic E-state index is 12.5. The lowest BCUT2D eigenvalue weighted by Gasteiger charge is -2.05. The largest absolute Gasteiger partial charge is 0.497 e. The van der Waals surface area contributed by atoms with Crippen LogP contribution in [0.3, 0.4) is 0 Å². The lowest BCUT2D eigenvalue weighted by atomic mass is 10.0. The number of allylic oxidation sites excluding steroid dienone is 1. The number of fused-ring (bicyclic) bond motifs is 2. The van der Waals surface area contributed by atoms with Crippen LogP contribution in [0.25, 0.3) is 5.57 Å². The van der Waals surface area contributed by atoms with Gasteiger partial charge >= 0.3 is 0 Å². The molecule has 0 unspecified atom stereocenters. The molecule has 0 aliphatic carbocycles. The molecular weight excluding hydrogens is 340 g/mol. The minimum atomic E-state index is -0.534. The predicted octanol–water partition coefficient (Wildman–Crippen LogP) is 2.57. The summed E-state index contributed by atoms with van der Waals surface area (Å²) in [5.74, 6) is 0.119. The molecular formula is C17H12N4O5. The van der Waals surface area contributed by atoms with Crippen molar-refractivity contribution in [3.63, 3.8) is 0 Å². The molecule has 2 aliphatic rings. The van der Waals surface area contributed by atoms with Gasteiger partial charge in [-0.05, 0) is 24.3 Å². The molecule has 26 heavy (non-hydrogen) atoms. The van der Waals surface area contributed by atoms with Crippen molar-refractivity contribution in [1.29, 1.82) is 0 Å². The summed E-state index contributed by atoms with van der Waals surface area (Å²) in [6.45, 7) is 0. The van der Waals surface area contributed by atoms with Crippen LogP contribution >= 0.6 is 0 Å². The lowest BCUT2D eigenvalue weighted by Crippen LogP contribution is -2.12. The number of benzene rings is 2. The molecule has 1 amide bonds. The van der Waals surface area contributed by atoms with E-state index in [0.29, 0.717) is 28.3 Å². The third kappa shape index (κ3) is 2.18. The maximum Gasteiger partial charge on any atom is 0.270 e. The first kappa shape index (κ1) is 15.6. The Bertz CT molecular complexity index is 1040. The molecule has 0 radical (unpaired) electrons. The number of nitro groups is 1. The number of methoxy groups -OCH3 is 1. The summed E-state index contributed by atoms with van der Waals surface area (Å²) < 4.78 is 5.18. The molecule has 2 aromatic rings. The van der Waals surface area contributed by atoms with E-state index in [2.05, 4.69) is 15.8 Å². The van der Waals surface area contributed by atoms with Gasteiger partial charge in [0.15, 0.2) is 0 Å². The van der Waals surface area contributed by atoms with E-state index in [1.54, 1.807) is 18.2 Å². The summed E-state index contributed by atoms with van der Waals surface area (Å²) >= 11 is 0. The highest BCUT2D eigenvalue weighted by molar-refractivity contribution is 6.39. The number of rotatable bonds is 2. The van der Waals surface area contributed by atoms with E-state index in [9.17, 15) is 20.1 Å². The van der Waals surface area contributed by atoms with Gasteiger partial charge < -0.3 is 20.6 Å². The summed E-state index contributed by atoms with van der Waals surface area (Å²) in [5.41, 5.74) is 2.47. The van der Waals surface area contributed by atoms with Gasteiger partial charge in [-0.2, -0.15) is 0 Å². The molecule has 2 aromatic carbocycles. The molecule has 3 N–H and O–H groups in total. The molecule has 9 nitrogen and oxygen atoms in total. The van der Waals surface area contributed by atoms with E-state index in [-0.39, 0.29) is 22.7 Å². The van der Waals surface area contributed by atoms with Crippen LogP contribution in [0.2, 0.25) is 0 Å². The number of ether oxygens (including phenoxy) is 1. The van der Waals surface area contributed by atoms with Crippen molar-refractivity contribution in [2.24, 2.45) is 5.16 Å². The van der Waals surface area contributed by atoms with Crippen LogP contribution in [0, 0.1) is 10.1 Å². The number of nitrogens with zero attached hydrogens (tertiary/aromatic N) is 2. The number of nitrogens with one attached hydrogen (secondary N) is 2. The highest BCUT2D eigenvalue weighted by atomic mass is 16.6. The smallest absolute Gasteiger partial charge is 0.270 e. The van der Waals surface area contributed by atoms with E-state index in [4.69, 9.17) is 4.74 Å². The number of anilines is 2. The molecule has 0 saturated heterocycles. The van der Waals surface area contributed by atoms with Crippen molar-refractivity contribution >= 4 is 34.3 Å². The number of amides is 1. The van der Waals surface area contributed by atoms with Crippen molar-refractivity contribution < 1.29 is 19.7 Å². The molecule has 2 heterocycles. The molecule has 0 atom stereocenters. The average molecular weight is 352 g/mol. The van der Waals surface area contributed by atoms with Gasteiger partial charge in [0, 0.05) is 34.6 Å². The van der Waals surface area contributed by atoms with Gasteiger partial charge in [0.05, 0.1) is 23.3 Å². The van der Waals surface area contributed by atoms with E-state index in [0.717, 1.165) is 0 Å². The summed E-state index contributed by atoms with van der Waals surface area (Å²) in [5, 5.41) is 29.6. The summed E-state index contributed by atoms with van der Waals surface area (Å²) in [4.78, 5) is 23.0. The Morgan fingerprint density at radius 1 is 1.12 bits per heavy atom. The van der Waals surface area contributed by atoms with E-state index >= 15 is 0 Å². The van der Waals surface area contributed by atoms with Gasteiger partial charge in [-0.3, -0.25) is 14.9 Å². The zero-order chi connectivity index (χ0) is 18.4. The molecule has 4 rings (SSSR count). The first-order valence-electron chi connectivity index (χ1n) is 7.55. The number of hydrogen-bond donors (Lipinski definition) is 3. The second-order valence-corrected chi connectivity index (χ2v) is 5.68. The van der Waals surface area contributed by atoms with Crippen LogP contribution in [-0.4, -0.2) is 28.9 Å². The molecule has 9 heteroatoms. The zero-order valence-electron chi connectivity index (χ0n) is 13.4. The normalized spacial score (nSPS) is 19.0. The molecule has 0 bridgehead atoms. The van der Waals surface area contributed by atoms with E-state index in [1.807, 2.05) is 0 Å². The van der Waals surface area contributed by atoms with Gasteiger partial charge in [-0.25, -0.2) is 0 Å². The van der Waals surface area contributed by atoms with Crippen LogP contribution in [0.4, 0.5) is 17.1 Å². The lowest BCUT2D eigenvalue weighted by molar-refractivity contribution is -0.384. The van der Waals surface area contributed by atoms with Crippen molar-refractivity contribution in [3.05, 3.63) is 63.3 Å². The van der Waals surface area contributed by atoms with Crippen LogP contribution in [-0.2, 0) is 4.79 Å². The molecule has 0 aromatic heterocycles. The van der Waals surface area contributed by atoms with Gasteiger partial charge in [0.2, 0.25) is 0 Å². The Morgan fingerprint density at radius 2 is 1.85 bits per heavy atom. The Balaban J connectivity index is 1.92. The summed E-state index contributed by atoms with van der Waals surface area (Å²) in [6, 6.07) is 9.23. The summed E-state index contributed by atoms with van der Waals surface area (Å²) in [7, 11) is 1.51. The first-order chi connectivity index (χ1) is 12.5. The zero-order valence-corrected chi connectivity index (χ0v) is 13.4. The van der Waals surface area contributed by atoms with E-state index in [1.165, 1.54) is 25.3 Å². The monoisotopic (exact) mass is 352 g/mol. The fourth-order valence-electron chi connectivity index (χ4n) is 3.09. The highest BCUT2D eigenvalue weighted by Gasteiger charge is 2.35. The third-order valence-corrected chi connectivity index (χ3v) is 4.29. The van der Waals surface area contributed by atoms with Gasteiger partial charge in [-0.15, -0.1) is 0 Å². The molecule has 0 saturated carbocycles. The summed E-state index contributed by atoms with van der Waals surface area (Å²) in [6.07, 6.45) is 0. The van der Waals surface area contributed by atoms with Crippen LogP contribution in [0.1, 0.15) is 11.1 Å². The minimum absolute atomic E-state index is 0.141. The second kappa shape index (κ2) is 5.59. The molecule has 2 aliphatic heterocycles. The highest BCUT2D eigenvalue weighted by Crippen LogP contribution is 2.41. The fourth-order valence-corrected chi connectivity index (χ4v) is 3.09. The maximum atomic E-state index is 12.5. The number of non-ortho nitro benzene ring substituents is 1. The van der Waals surface area contributed by atoms with Gasteiger partial charge in [0.1, 0.15) is 11.5 Å². The fraction of sp³-hybridized carbons (Fsp3) is 0.0588. The first-order valence-corrected chi connectivity index (χ1v) is 7.55. The topological polar surface area (TPSA) is 126 Å². The predicted molar refractivity (Wildman–Crippen MR) is 93.6 cm³/mol.